The molecule has 1 aromatic carbocycles. The molecule has 0 radical (unpaired) electrons. The minimum Gasteiger partial charge on any atom is -0.382 e. The van der Waals surface area contributed by atoms with Crippen molar-refractivity contribution >= 4 is 11.6 Å². The van der Waals surface area contributed by atoms with E-state index in [0.717, 1.165) is 5.69 Å². The van der Waals surface area contributed by atoms with Crippen LogP contribution in [0.15, 0.2) is 29.3 Å². The van der Waals surface area contributed by atoms with Crippen LogP contribution in [0.3, 0.4) is 0 Å². The average molecular weight is 250 g/mol. The van der Waals surface area contributed by atoms with Crippen LogP contribution in [0.2, 0.25) is 0 Å². The van der Waals surface area contributed by atoms with Crippen molar-refractivity contribution in [3.8, 4) is 0 Å². The van der Waals surface area contributed by atoms with Gasteiger partial charge in [0.05, 0.1) is 12.6 Å². The Hall–Kier alpha value is -1.59. The van der Waals surface area contributed by atoms with E-state index in [1.165, 1.54) is 5.56 Å². The first-order chi connectivity index (χ1) is 8.58. The smallest absolute Gasteiger partial charge is 0.213 e. The summed E-state index contributed by atoms with van der Waals surface area (Å²) in [7, 11) is 3.58. The van der Waals surface area contributed by atoms with Gasteiger partial charge in [0.15, 0.2) is 0 Å². The van der Waals surface area contributed by atoms with Crippen LogP contribution >= 0.6 is 0 Å². The normalized spacial score (nSPS) is 13.3. The number of hydrogen-bond donors (Lipinski definition) is 2. The highest BCUT2D eigenvalue weighted by atomic mass is 16.5. The SMILES string of the molecule is COCC(C)N=C(NN)N(C)c1cccc(C)c1. The first kappa shape index (κ1) is 14.5. The molecule has 0 aliphatic carbocycles. The molecule has 1 rings (SSSR count). The zero-order valence-corrected chi connectivity index (χ0v) is 11.5. The highest BCUT2D eigenvalue weighted by molar-refractivity contribution is 5.95. The quantitative estimate of drug-likeness (QED) is 0.366. The summed E-state index contributed by atoms with van der Waals surface area (Å²) in [5, 5.41) is 0. The van der Waals surface area contributed by atoms with Crippen LogP contribution in [0.5, 0.6) is 0 Å². The van der Waals surface area contributed by atoms with Crippen LogP contribution < -0.4 is 16.2 Å². The molecule has 1 unspecified atom stereocenters. The predicted molar refractivity (Wildman–Crippen MR) is 75.7 cm³/mol. The monoisotopic (exact) mass is 250 g/mol. The second-order valence-electron chi connectivity index (χ2n) is 4.30. The highest BCUT2D eigenvalue weighted by Crippen LogP contribution is 2.14. The number of nitrogens with zero attached hydrogens (tertiary/aromatic N) is 2. The number of benzene rings is 1. The molecule has 0 saturated heterocycles. The van der Waals surface area contributed by atoms with Gasteiger partial charge < -0.3 is 9.64 Å². The number of methoxy groups -OCH3 is 1. The Morgan fingerprint density at radius 3 is 2.83 bits per heavy atom. The number of aryl methyl sites for hydroxylation is 1. The highest BCUT2D eigenvalue weighted by Gasteiger charge is 2.09. The van der Waals surface area contributed by atoms with Crippen molar-refractivity contribution in [2.45, 2.75) is 19.9 Å². The van der Waals surface area contributed by atoms with Crippen LogP contribution in [0.1, 0.15) is 12.5 Å². The lowest BCUT2D eigenvalue weighted by Gasteiger charge is -2.22. The maximum absolute atomic E-state index is 5.53. The fourth-order valence-electron chi connectivity index (χ4n) is 1.67. The van der Waals surface area contributed by atoms with Crippen LogP contribution in [0, 0.1) is 6.92 Å². The number of nitrogens with one attached hydrogen (secondary N) is 1. The Labute approximate surface area is 109 Å². The summed E-state index contributed by atoms with van der Waals surface area (Å²) in [5.74, 6) is 6.15. The van der Waals surface area contributed by atoms with Gasteiger partial charge in [-0.05, 0) is 31.5 Å². The van der Waals surface area contributed by atoms with Crippen molar-refractivity contribution < 1.29 is 4.74 Å². The van der Waals surface area contributed by atoms with Gasteiger partial charge >= 0.3 is 0 Å². The predicted octanol–water partition coefficient (Wildman–Crippen LogP) is 1.29. The number of ether oxygens (including phenoxy) is 1. The lowest BCUT2D eigenvalue weighted by Crippen LogP contribution is -2.43. The molecule has 0 aliphatic rings. The third kappa shape index (κ3) is 4.01. The Morgan fingerprint density at radius 1 is 1.56 bits per heavy atom. The molecule has 100 valence electrons. The van der Waals surface area contributed by atoms with E-state index in [0.29, 0.717) is 12.6 Å². The Balaban J connectivity index is 2.88. The molecule has 3 N–H and O–H groups in total. The van der Waals surface area contributed by atoms with Crippen molar-refractivity contribution in [1.82, 2.24) is 5.43 Å². The molecule has 0 saturated carbocycles. The lowest BCUT2D eigenvalue weighted by molar-refractivity contribution is 0.185. The summed E-state index contributed by atoms with van der Waals surface area (Å²) < 4.78 is 5.06. The topological polar surface area (TPSA) is 62.9 Å². The summed E-state index contributed by atoms with van der Waals surface area (Å²) in [5.41, 5.74) is 4.86. The molecule has 0 fully saturated rings. The molecule has 5 nitrogen and oxygen atoms in total. The zero-order valence-electron chi connectivity index (χ0n) is 11.5. The third-order valence-corrected chi connectivity index (χ3v) is 2.59. The summed E-state index contributed by atoms with van der Waals surface area (Å²) in [6, 6.07) is 8.20. The molecule has 18 heavy (non-hydrogen) atoms. The number of hydrogen-bond acceptors (Lipinski definition) is 3. The molecule has 1 atom stereocenters. The van der Waals surface area contributed by atoms with E-state index < -0.39 is 0 Å². The van der Waals surface area contributed by atoms with E-state index in [1.807, 2.05) is 31.0 Å². The number of anilines is 1. The minimum atomic E-state index is 0.0494. The number of hydrazine groups is 1. The number of nitrogens with two attached hydrogens (primary N) is 1. The fourth-order valence-corrected chi connectivity index (χ4v) is 1.67. The van der Waals surface area contributed by atoms with E-state index >= 15 is 0 Å². The molecule has 5 heteroatoms. The number of guanidine groups is 1. The van der Waals surface area contributed by atoms with Gasteiger partial charge in [0, 0.05) is 19.8 Å². The molecule has 0 bridgehead atoms. The van der Waals surface area contributed by atoms with Gasteiger partial charge in [0.25, 0.3) is 0 Å². The Kier molecular flexibility index (Phi) is 5.61. The van der Waals surface area contributed by atoms with E-state index in [1.54, 1.807) is 7.11 Å². The maximum atomic E-state index is 5.53. The van der Waals surface area contributed by atoms with Crippen molar-refractivity contribution in [3.63, 3.8) is 0 Å². The van der Waals surface area contributed by atoms with Crippen molar-refractivity contribution in [1.29, 1.82) is 0 Å². The standard InChI is InChI=1S/C13H22N4O/c1-10-6-5-7-12(8-10)17(3)13(16-14)15-11(2)9-18-4/h5-8,11H,9,14H2,1-4H3,(H,15,16). The first-order valence-electron chi connectivity index (χ1n) is 5.92. The van der Waals surface area contributed by atoms with Crippen LogP contribution in [0.25, 0.3) is 0 Å². The molecule has 0 spiro atoms. The van der Waals surface area contributed by atoms with E-state index in [4.69, 9.17) is 10.6 Å². The fraction of sp³-hybridized carbons (Fsp3) is 0.462. The minimum absolute atomic E-state index is 0.0494. The third-order valence-electron chi connectivity index (χ3n) is 2.59. The van der Waals surface area contributed by atoms with Gasteiger partial charge in [-0.1, -0.05) is 12.1 Å². The Morgan fingerprint density at radius 2 is 2.28 bits per heavy atom. The second kappa shape index (κ2) is 6.98. The average Bonchev–Trinajstić information content (AvgIpc) is 2.35. The van der Waals surface area contributed by atoms with Crippen molar-refractivity contribution in [2.24, 2.45) is 10.8 Å². The molecular formula is C13H22N4O. The second-order valence-corrected chi connectivity index (χ2v) is 4.30. The molecular weight excluding hydrogens is 228 g/mol. The molecule has 0 aliphatic heterocycles. The largest absolute Gasteiger partial charge is 0.382 e. The van der Waals surface area contributed by atoms with E-state index in [-0.39, 0.29) is 6.04 Å². The molecule has 1 aromatic rings. The molecule has 0 aromatic heterocycles. The van der Waals surface area contributed by atoms with E-state index in [2.05, 4.69) is 29.5 Å². The van der Waals surface area contributed by atoms with Gasteiger partial charge in [-0.3, -0.25) is 5.43 Å². The van der Waals surface area contributed by atoms with Gasteiger partial charge in [-0.15, -0.1) is 0 Å². The van der Waals surface area contributed by atoms with Gasteiger partial charge in [0.2, 0.25) is 5.96 Å². The number of aliphatic imine (C=N–C) groups is 1. The summed E-state index contributed by atoms with van der Waals surface area (Å²) in [6.45, 7) is 4.59. The summed E-state index contributed by atoms with van der Waals surface area (Å²) >= 11 is 0. The van der Waals surface area contributed by atoms with Gasteiger partial charge in [-0.25, -0.2) is 10.8 Å². The first-order valence-corrected chi connectivity index (χ1v) is 5.92. The van der Waals surface area contributed by atoms with Crippen molar-refractivity contribution in [3.05, 3.63) is 29.8 Å². The van der Waals surface area contributed by atoms with Gasteiger partial charge in [-0.2, -0.15) is 0 Å². The Bertz CT molecular complexity index is 406. The van der Waals surface area contributed by atoms with Crippen LogP contribution in [0.4, 0.5) is 5.69 Å². The van der Waals surface area contributed by atoms with Crippen molar-refractivity contribution in [2.75, 3.05) is 25.7 Å². The summed E-state index contributed by atoms with van der Waals surface area (Å²) in [6.07, 6.45) is 0. The lowest BCUT2D eigenvalue weighted by atomic mass is 10.2. The maximum Gasteiger partial charge on any atom is 0.213 e. The summed E-state index contributed by atoms with van der Waals surface area (Å²) in [4.78, 5) is 6.39. The molecule has 0 heterocycles. The molecule has 0 amide bonds. The van der Waals surface area contributed by atoms with Crippen LogP contribution in [-0.2, 0) is 4.74 Å². The van der Waals surface area contributed by atoms with Crippen LogP contribution in [-0.4, -0.2) is 32.8 Å². The zero-order chi connectivity index (χ0) is 13.5. The van der Waals surface area contributed by atoms with E-state index in [9.17, 15) is 0 Å². The van der Waals surface area contributed by atoms with Gasteiger partial charge in [0.1, 0.15) is 0 Å². The number of rotatable bonds is 4.